The van der Waals surface area contributed by atoms with Crippen LogP contribution in [0.2, 0.25) is 0 Å². The van der Waals surface area contributed by atoms with E-state index in [0.29, 0.717) is 0 Å². The Morgan fingerprint density at radius 3 is 1.41 bits per heavy atom. The molecule has 0 atom stereocenters. The second kappa shape index (κ2) is 8.65. The Balaban J connectivity index is 2.30. The molecular formula is C25H24BrP. The number of halogens is 1. The SMILES string of the molecule is C=CC=CC=CCP(Br)(c1ccccc1)(c1ccccc1)c1ccccc1. The van der Waals surface area contributed by atoms with Crippen molar-refractivity contribution in [3.8, 4) is 0 Å². The molecule has 0 saturated carbocycles. The third kappa shape index (κ3) is 3.76. The average molecular weight is 435 g/mol. The number of hydrogen-bond donors (Lipinski definition) is 0. The van der Waals surface area contributed by atoms with Gasteiger partial charge in [0.05, 0.1) is 0 Å². The van der Waals surface area contributed by atoms with Crippen LogP contribution in [0.5, 0.6) is 0 Å². The van der Waals surface area contributed by atoms with Crippen molar-refractivity contribution in [3.05, 3.63) is 128 Å². The summed E-state index contributed by atoms with van der Waals surface area (Å²) in [5, 5.41) is 1.17. The van der Waals surface area contributed by atoms with Crippen molar-refractivity contribution in [2.24, 2.45) is 0 Å². The van der Waals surface area contributed by atoms with Gasteiger partial charge in [0.1, 0.15) is 0 Å². The topological polar surface area (TPSA) is 0 Å². The Bertz CT molecular complexity index is 828. The number of benzene rings is 3. The Labute approximate surface area is 170 Å². The average Bonchev–Trinajstić information content (AvgIpc) is 2.75. The van der Waals surface area contributed by atoms with Crippen molar-refractivity contribution in [1.82, 2.24) is 0 Å². The molecule has 0 amide bonds. The van der Waals surface area contributed by atoms with Gasteiger partial charge in [0.25, 0.3) is 0 Å². The van der Waals surface area contributed by atoms with Crippen LogP contribution in [-0.2, 0) is 0 Å². The van der Waals surface area contributed by atoms with Crippen molar-refractivity contribution in [2.75, 3.05) is 6.16 Å². The molecule has 136 valence electrons. The van der Waals surface area contributed by atoms with Gasteiger partial charge in [-0.15, -0.1) is 0 Å². The molecule has 3 rings (SSSR count). The van der Waals surface area contributed by atoms with Crippen molar-refractivity contribution in [3.63, 3.8) is 0 Å². The Kier molecular flexibility index (Phi) is 6.26. The minimum atomic E-state index is -2.83. The van der Waals surface area contributed by atoms with Crippen LogP contribution in [0.4, 0.5) is 0 Å². The predicted octanol–water partition coefficient (Wildman–Crippen LogP) is 6.12. The molecule has 0 N–H and O–H groups in total. The zero-order valence-corrected chi connectivity index (χ0v) is 17.8. The van der Waals surface area contributed by atoms with E-state index in [1.165, 1.54) is 15.9 Å². The van der Waals surface area contributed by atoms with Crippen LogP contribution in [0.3, 0.4) is 0 Å². The van der Waals surface area contributed by atoms with E-state index >= 15 is 0 Å². The van der Waals surface area contributed by atoms with E-state index in [-0.39, 0.29) is 0 Å². The molecule has 0 bridgehead atoms. The molecule has 2 heteroatoms. The van der Waals surface area contributed by atoms with Gasteiger partial charge < -0.3 is 0 Å². The standard InChI is InChI=1S/C25H24BrP/c1-2-3-4-5-15-22-27(26,23-16-9-6-10-17-23,24-18-11-7-12-19-24)25-20-13-8-14-21-25/h2-21H,1,22H2. The van der Waals surface area contributed by atoms with E-state index in [1.807, 2.05) is 12.2 Å². The molecule has 0 unspecified atom stereocenters. The normalized spacial score (nSPS) is 13.4. The van der Waals surface area contributed by atoms with Crippen LogP contribution in [-0.4, -0.2) is 6.16 Å². The van der Waals surface area contributed by atoms with Crippen LogP contribution in [0.15, 0.2) is 128 Å². The first-order valence-electron chi connectivity index (χ1n) is 9.04. The maximum atomic E-state index is 4.42. The van der Waals surface area contributed by atoms with Gasteiger partial charge in [-0.25, -0.2) is 0 Å². The molecule has 0 saturated heterocycles. The second-order valence-electron chi connectivity index (χ2n) is 6.42. The zero-order valence-electron chi connectivity index (χ0n) is 15.3. The van der Waals surface area contributed by atoms with Gasteiger partial charge in [0.2, 0.25) is 0 Å². The molecule has 0 nitrogen and oxygen atoms in total. The van der Waals surface area contributed by atoms with Crippen LogP contribution in [0.25, 0.3) is 0 Å². The second-order valence-corrected chi connectivity index (χ2v) is 15.4. The van der Waals surface area contributed by atoms with E-state index in [1.54, 1.807) is 6.08 Å². The summed E-state index contributed by atoms with van der Waals surface area (Å²) in [7, 11) is 0. The molecule has 3 aromatic carbocycles. The van der Waals surface area contributed by atoms with Gasteiger partial charge >= 0.3 is 171 Å². The van der Waals surface area contributed by atoms with Gasteiger partial charge in [0.15, 0.2) is 0 Å². The van der Waals surface area contributed by atoms with Gasteiger partial charge in [-0.2, -0.15) is 0 Å². The molecule has 0 radical (unpaired) electrons. The number of rotatable bonds is 7. The fourth-order valence-electron chi connectivity index (χ4n) is 3.46. The summed E-state index contributed by atoms with van der Waals surface area (Å²) in [4.78, 5) is 0. The van der Waals surface area contributed by atoms with Crippen molar-refractivity contribution < 1.29 is 0 Å². The molecule has 0 spiro atoms. The Morgan fingerprint density at radius 1 is 0.630 bits per heavy atom. The van der Waals surface area contributed by atoms with E-state index < -0.39 is 5.31 Å². The fourth-order valence-corrected chi connectivity index (χ4v) is 10.5. The van der Waals surface area contributed by atoms with Gasteiger partial charge in [0, 0.05) is 0 Å². The third-order valence-corrected chi connectivity index (χ3v) is 14.4. The van der Waals surface area contributed by atoms with Gasteiger partial charge in [-0.05, 0) is 0 Å². The molecule has 0 aliphatic rings. The molecule has 0 fully saturated rings. The zero-order chi connectivity index (χ0) is 19.0. The Hall–Kier alpha value is -2.21. The van der Waals surface area contributed by atoms with E-state index in [4.69, 9.17) is 0 Å². The summed E-state index contributed by atoms with van der Waals surface area (Å²) in [6.07, 6.45) is 11.0. The van der Waals surface area contributed by atoms with Gasteiger partial charge in [-0.3, -0.25) is 0 Å². The monoisotopic (exact) mass is 434 g/mol. The third-order valence-electron chi connectivity index (χ3n) is 4.83. The Morgan fingerprint density at radius 2 is 1.04 bits per heavy atom. The number of allylic oxidation sites excluding steroid dienone is 5. The maximum absolute atomic E-state index is 4.42. The van der Waals surface area contributed by atoms with Crippen molar-refractivity contribution in [1.29, 1.82) is 0 Å². The summed E-state index contributed by atoms with van der Waals surface area (Å²) in [6, 6.07) is 32.5. The minimum absolute atomic E-state index is 0.894. The van der Waals surface area contributed by atoms with Crippen LogP contribution >= 0.6 is 20.8 Å². The molecule has 0 aliphatic carbocycles. The van der Waals surface area contributed by atoms with Crippen LogP contribution in [0, 0.1) is 0 Å². The van der Waals surface area contributed by atoms with Crippen LogP contribution in [0.1, 0.15) is 0 Å². The molecule has 0 heterocycles. The summed E-state index contributed by atoms with van der Waals surface area (Å²) >= 11 is 4.42. The first-order chi connectivity index (χ1) is 13.2. The van der Waals surface area contributed by atoms with Crippen LogP contribution < -0.4 is 15.9 Å². The number of hydrogen-bond acceptors (Lipinski definition) is 0. The fraction of sp³-hybridized carbons (Fsp3) is 0.0400. The quantitative estimate of drug-likeness (QED) is 0.310. The molecule has 0 aromatic heterocycles. The summed E-state index contributed by atoms with van der Waals surface area (Å²) in [6.45, 7) is 3.74. The first-order valence-corrected chi connectivity index (χ1v) is 13.5. The summed E-state index contributed by atoms with van der Waals surface area (Å²) in [5.41, 5.74) is 0. The molecule has 0 aliphatic heterocycles. The summed E-state index contributed by atoms with van der Waals surface area (Å²) < 4.78 is 0. The van der Waals surface area contributed by atoms with E-state index in [0.717, 1.165) is 6.16 Å². The summed E-state index contributed by atoms with van der Waals surface area (Å²) in [5.74, 6) is 0. The van der Waals surface area contributed by atoms with Crippen molar-refractivity contribution >= 4 is 36.7 Å². The predicted molar refractivity (Wildman–Crippen MR) is 127 cm³/mol. The first kappa shape index (κ1) is 19.5. The van der Waals surface area contributed by atoms with Gasteiger partial charge in [-0.1, -0.05) is 0 Å². The molecule has 27 heavy (non-hydrogen) atoms. The van der Waals surface area contributed by atoms with Crippen molar-refractivity contribution in [2.45, 2.75) is 0 Å². The van der Waals surface area contributed by atoms with E-state index in [2.05, 4.69) is 125 Å². The molecule has 3 aromatic rings. The molecular weight excluding hydrogens is 411 g/mol. The van der Waals surface area contributed by atoms with E-state index in [9.17, 15) is 0 Å².